The Morgan fingerprint density at radius 3 is 2.43 bits per heavy atom. The number of halogens is 1. The van der Waals surface area contributed by atoms with E-state index in [1.54, 1.807) is 19.1 Å². The third-order valence-electron chi connectivity index (χ3n) is 3.06. The highest BCUT2D eigenvalue weighted by molar-refractivity contribution is 6.31. The number of nitrogens with zero attached hydrogens (tertiary/aromatic N) is 1. The van der Waals surface area contributed by atoms with E-state index in [0.29, 0.717) is 22.1 Å². The molecule has 0 heterocycles. The van der Waals surface area contributed by atoms with Crippen LogP contribution in [-0.4, -0.2) is 18.1 Å². The first kappa shape index (κ1) is 16.6. The number of carbonyl (C=O) groups excluding carboxylic acids is 1. The molecule has 23 heavy (non-hydrogen) atoms. The van der Waals surface area contributed by atoms with Gasteiger partial charge in [-0.15, -0.1) is 0 Å². The van der Waals surface area contributed by atoms with E-state index in [-0.39, 0.29) is 5.69 Å². The highest BCUT2D eigenvalue weighted by atomic mass is 35.5. The minimum absolute atomic E-state index is 0.0500. The number of anilines is 2. The van der Waals surface area contributed by atoms with Gasteiger partial charge in [-0.2, -0.15) is 0 Å². The SMILES string of the molecule is COc1cc(Cl)c(C)cc1NC(=O)Nc1ccc([N+](=O)[O-])cc1. The van der Waals surface area contributed by atoms with Crippen LogP contribution in [0.3, 0.4) is 0 Å². The van der Waals surface area contributed by atoms with Gasteiger partial charge in [-0.05, 0) is 30.7 Å². The number of non-ortho nitro benzene ring substituents is 1. The number of rotatable bonds is 4. The number of carbonyl (C=O) groups is 1. The van der Waals surface area contributed by atoms with Crippen LogP contribution in [0.1, 0.15) is 5.56 Å². The zero-order chi connectivity index (χ0) is 17.0. The zero-order valence-electron chi connectivity index (χ0n) is 12.4. The van der Waals surface area contributed by atoms with Crippen molar-refractivity contribution in [2.45, 2.75) is 6.92 Å². The van der Waals surface area contributed by atoms with E-state index >= 15 is 0 Å². The number of urea groups is 1. The number of ether oxygens (including phenoxy) is 1. The lowest BCUT2D eigenvalue weighted by atomic mass is 10.2. The van der Waals surface area contributed by atoms with E-state index in [0.717, 1.165) is 5.56 Å². The molecule has 0 fully saturated rings. The molecule has 0 saturated carbocycles. The van der Waals surface area contributed by atoms with E-state index in [9.17, 15) is 14.9 Å². The van der Waals surface area contributed by atoms with Gasteiger partial charge in [0.15, 0.2) is 0 Å². The van der Waals surface area contributed by atoms with Gasteiger partial charge in [-0.1, -0.05) is 11.6 Å². The lowest BCUT2D eigenvalue weighted by Crippen LogP contribution is -2.19. The molecule has 2 amide bonds. The normalized spacial score (nSPS) is 10.0. The highest BCUT2D eigenvalue weighted by Gasteiger charge is 2.11. The second-order valence-corrected chi connectivity index (χ2v) is 5.09. The van der Waals surface area contributed by atoms with Gasteiger partial charge in [0.2, 0.25) is 0 Å². The van der Waals surface area contributed by atoms with E-state index < -0.39 is 11.0 Å². The Morgan fingerprint density at radius 1 is 1.22 bits per heavy atom. The van der Waals surface area contributed by atoms with Gasteiger partial charge in [0.1, 0.15) is 5.75 Å². The fourth-order valence-electron chi connectivity index (χ4n) is 1.88. The molecule has 0 atom stereocenters. The number of nitro groups is 1. The number of hydrogen-bond donors (Lipinski definition) is 2. The van der Waals surface area contributed by atoms with E-state index in [1.807, 2.05) is 0 Å². The molecule has 2 aromatic rings. The van der Waals surface area contributed by atoms with Crippen LogP contribution in [0, 0.1) is 17.0 Å². The molecule has 7 nitrogen and oxygen atoms in total. The minimum atomic E-state index is -0.509. The summed E-state index contributed by atoms with van der Waals surface area (Å²) in [4.78, 5) is 22.1. The first-order chi connectivity index (χ1) is 10.9. The summed E-state index contributed by atoms with van der Waals surface area (Å²) < 4.78 is 5.17. The monoisotopic (exact) mass is 335 g/mol. The summed E-state index contributed by atoms with van der Waals surface area (Å²) >= 11 is 6.01. The Labute approximate surface area is 137 Å². The van der Waals surface area contributed by atoms with E-state index in [1.165, 1.54) is 31.4 Å². The molecule has 8 heteroatoms. The topological polar surface area (TPSA) is 93.5 Å². The van der Waals surface area contributed by atoms with Gasteiger partial charge in [0, 0.05) is 28.9 Å². The first-order valence-corrected chi connectivity index (χ1v) is 6.95. The standard InChI is InChI=1S/C15H14ClN3O4/c1-9-7-13(14(23-2)8-12(9)16)18-15(20)17-10-3-5-11(6-4-10)19(21)22/h3-8H,1-2H3,(H2,17,18,20). The second kappa shape index (κ2) is 6.97. The number of hydrogen-bond acceptors (Lipinski definition) is 4. The van der Waals surface area contributed by atoms with Crippen molar-refractivity contribution in [2.75, 3.05) is 17.7 Å². The van der Waals surface area contributed by atoms with Crippen molar-refractivity contribution in [3.63, 3.8) is 0 Å². The fraction of sp³-hybridized carbons (Fsp3) is 0.133. The van der Waals surface area contributed by atoms with Gasteiger partial charge in [0.25, 0.3) is 5.69 Å². The molecule has 0 bridgehead atoms. The number of aryl methyl sites for hydroxylation is 1. The van der Waals surface area contributed by atoms with Crippen molar-refractivity contribution in [3.8, 4) is 5.75 Å². The molecule has 2 rings (SSSR count). The third kappa shape index (κ3) is 4.10. The fourth-order valence-corrected chi connectivity index (χ4v) is 2.03. The van der Waals surface area contributed by atoms with Gasteiger partial charge < -0.3 is 15.4 Å². The summed E-state index contributed by atoms with van der Waals surface area (Å²) in [5.41, 5.74) is 1.63. The smallest absolute Gasteiger partial charge is 0.323 e. The Morgan fingerprint density at radius 2 is 1.87 bits per heavy atom. The second-order valence-electron chi connectivity index (χ2n) is 4.68. The van der Waals surface area contributed by atoms with E-state index in [4.69, 9.17) is 16.3 Å². The highest BCUT2D eigenvalue weighted by Crippen LogP contribution is 2.31. The van der Waals surface area contributed by atoms with Crippen LogP contribution in [0.25, 0.3) is 0 Å². The largest absolute Gasteiger partial charge is 0.495 e. The van der Waals surface area contributed by atoms with Gasteiger partial charge in [-0.3, -0.25) is 10.1 Å². The van der Waals surface area contributed by atoms with Crippen LogP contribution >= 0.6 is 11.6 Å². The quantitative estimate of drug-likeness (QED) is 0.646. The van der Waals surface area contributed by atoms with Crippen LogP contribution in [0.15, 0.2) is 36.4 Å². The van der Waals surface area contributed by atoms with Crippen molar-refractivity contribution in [3.05, 3.63) is 57.1 Å². The molecule has 2 aromatic carbocycles. The molecule has 0 saturated heterocycles. The lowest BCUT2D eigenvalue weighted by Gasteiger charge is -2.13. The summed E-state index contributed by atoms with van der Waals surface area (Å²) in [7, 11) is 1.47. The average Bonchev–Trinajstić information content (AvgIpc) is 2.51. The van der Waals surface area contributed by atoms with Gasteiger partial charge in [-0.25, -0.2) is 4.79 Å². The van der Waals surface area contributed by atoms with Crippen molar-refractivity contribution in [2.24, 2.45) is 0 Å². The molecule has 0 spiro atoms. The average molecular weight is 336 g/mol. The van der Waals surface area contributed by atoms with Crippen LogP contribution in [0.5, 0.6) is 5.75 Å². The molecule has 0 aliphatic heterocycles. The van der Waals surface area contributed by atoms with Crippen LogP contribution in [-0.2, 0) is 0 Å². The van der Waals surface area contributed by atoms with Crippen LogP contribution in [0.2, 0.25) is 5.02 Å². The number of amides is 2. The molecule has 0 unspecified atom stereocenters. The zero-order valence-corrected chi connectivity index (χ0v) is 13.2. The Bertz CT molecular complexity index is 747. The Balaban J connectivity index is 2.10. The molecular weight excluding hydrogens is 322 g/mol. The maximum absolute atomic E-state index is 12.0. The third-order valence-corrected chi connectivity index (χ3v) is 3.47. The van der Waals surface area contributed by atoms with Crippen molar-refractivity contribution in [1.82, 2.24) is 0 Å². The molecule has 2 N–H and O–H groups in total. The van der Waals surface area contributed by atoms with Crippen LogP contribution in [0.4, 0.5) is 21.9 Å². The molecule has 0 aliphatic carbocycles. The minimum Gasteiger partial charge on any atom is -0.495 e. The molecule has 0 aromatic heterocycles. The number of methoxy groups -OCH3 is 1. The summed E-state index contributed by atoms with van der Waals surface area (Å²) in [6.45, 7) is 1.81. The maximum Gasteiger partial charge on any atom is 0.323 e. The molecular formula is C15H14ClN3O4. The van der Waals surface area contributed by atoms with Gasteiger partial charge in [0.05, 0.1) is 17.7 Å². The number of nitro benzene ring substituents is 1. The molecule has 0 radical (unpaired) electrons. The van der Waals surface area contributed by atoms with Crippen molar-refractivity contribution >= 4 is 34.7 Å². The predicted molar refractivity (Wildman–Crippen MR) is 88.5 cm³/mol. The summed E-state index contributed by atoms with van der Waals surface area (Å²) in [6, 6.07) is 8.31. The summed E-state index contributed by atoms with van der Waals surface area (Å²) in [5.74, 6) is 0.430. The Kier molecular flexibility index (Phi) is 5.02. The van der Waals surface area contributed by atoms with Gasteiger partial charge >= 0.3 is 6.03 Å². The number of nitrogens with one attached hydrogen (secondary N) is 2. The summed E-state index contributed by atoms with van der Waals surface area (Å²) in [5, 5.41) is 16.3. The molecule has 0 aliphatic rings. The van der Waals surface area contributed by atoms with Crippen molar-refractivity contribution in [1.29, 1.82) is 0 Å². The lowest BCUT2D eigenvalue weighted by molar-refractivity contribution is -0.384. The Hall–Kier alpha value is -2.80. The first-order valence-electron chi connectivity index (χ1n) is 6.57. The van der Waals surface area contributed by atoms with Crippen molar-refractivity contribution < 1.29 is 14.5 Å². The predicted octanol–water partition coefficient (Wildman–Crippen LogP) is 4.21. The van der Waals surface area contributed by atoms with E-state index in [2.05, 4.69) is 10.6 Å². The number of benzene rings is 2. The maximum atomic E-state index is 12.0. The summed E-state index contributed by atoms with van der Waals surface area (Å²) in [6.07, 6.45) is 0. The molecule has 120 valence electrons. The van der Waals surface area contributed by atoms with Crippen LogP contribution < -0.4 is 15.4 Å².